The maximum Gasteiger partial charge on any atom is 0.230 e. The molecule has 1 N–H and O–H groups in total. The van der Waals surface area contributed by atoms with Crippen LogP contribution in [0, 0.1) is 12.8 Å². The first-order valence-corrected chi connectivity index (χ1v) is 10.3. The first-order chi connectivity index (χ1) is 13.9. The van der Waals surface area contributed by atoms with Crippen molar-refractivity contribution in [3.8, 4) is 0 Å². The van der Waals surface area contributed by atoms with E-state index in [4.69, 9.17) is 0 Å². The molecular formula is C24H31N3O2. The number of hydrogen-bond acceptors (Lipinski definition) is 3. The molecule has 154 valence electrons. The number of likely N-dealkylation sites (N-methyl/N-ethyl adjacent to an activating group) is 1. The van der Waals surface area contributed by atoms with Gasteiger partial charge in [-0.3, -0.25) is 9.59 Å². The van der Waals surface area contributed by atoms with Gasteiger partial charge in [-0.2, -0.15) is 0 Å². The van der Waals surface area contributed by atoms with Crippen molar-refractivity contribution in [3.05, 3.63) is 65.2 Å². The van der Waals surface area contributed by atoms with Crippen molar-refractivity contribution in [2.24, 2.45) is 5.92 Å². The Balaban J connectivity index is 1.65. The summed E-state index contributed by atoms with van der Waals surface area (Å²) in [5, 5.41) is 2.93. The average molecular weight is 394 g/mol. The lowest BCUT2D eigenvalue weighted by Gasteiger charge is -2.23. The molecule has 29 heavy (non-hydrogen) atoms. The Morgan fingerprint density at radius 3 is 2.17 bits per heavy atom. The number of carbonyl (C=O) groups excluding carboxylic acids is 2. The molecule has 0 aromatic heterocycles. The molecule has 0 radical (unpaired) electrons. The number of aryl methyl sites for hydroxylation is 1. The van der Waals surface area contributed by atoms with Crippen LogP contribution in [0.4, 0.5) is 5.69 Å². The second kappa shape index (κ2) is 9.70. The number of nitrogens with one attached hydrogen (secondary N) is 1. The molecule has 5 nitrogen and oxygen atoms in total. The topological polar surface area (TPSA) is 52.7 Å². The van der Waals surface area contributed by atoms with Crippen LogP contribution in [0.1, 0.15) is 29.5 Å². The van der Waals surface area contributed by atoms with E-state index in [0.717, 1.165) is 36.2 Å². The maximum absolute atomic E-state index is 12.9. The van der Waals surface area contributed by atoms with Crippen LogP contribution in [0.2, 0.25) is 0 Å². The quantitative estimate of drug-likeness (QED) is 0.712. The van der Waals surface area contributed by atoms with Crippen molar-refractivity contribution in [3.63, 3.8) is 0 Å². The summed E-state index contributed by atoms with van der Waals surface area (Å²) in [6, 6.07) is 16.1. The molecule has 0 heterocycles. The molecule has 5 heteroatoms. The van der Waals surface area contributed by atoms with E-state index in [1.165, 1.54) is 5.56 Å². The predicted octanol–water partition coefficient (Wildman–Crippen LogP) is 3.16. The van der Waals surface area contributed by atoms with Crippen molar-refractivity contribution in [1.29, 1.82) is 0 Å². The monoisotopic (exact) mass is 393 g/mol. The molecule has 0 bridgehead atoms. The zero-order chi connectivity index (χ0) is 20.8. The summed E-state index contributed by atoms with van der Waals surface area (Å²) in [6.07, 6.45) is 2.31. The number of rotatable bonds is 9. The SMILES string of the molecule is Cc1ccc(CN(C(=O)C2CC2)c2ccc(CC(=O)NCCN(C)C)cc2)cc1. The Morgan fingerprint density at radius 2 is 1.59 bits per heavy atom. The minimum absolute atomic E-state index is 0.0187. The van der Waals surface area contributed by atoms with Crippen molar-refractivity contribution in [2.75, 3.05) is 32.1 Å². The summed E-state index contributed by atoms with van der Waals surface area (Å²) < 4.78 is 0. The van der Waals surface area contributed by atoms with E-state index in [2.05, 4.69) is 36.5 Å². The average Bonchev–Trinajstić information content (AvgIpc) is 3.53. The number of carbonyl (C=O) groups is 2. The van der Waals surface area contributed by atoms with Gasteiger partial charge in [0.2, 0.25) is 11.8 Å². The van der Waals surface area contributed by atoms with Crippen LogP contribution in [0.3, 0.4) is 0 Å². The largest absolute Gasteiger partial charge is 0.355 e. The van der Waals surface area contributed by atoms with Gasteiger partial charge in [0, 0.05) is 24.7 Å². The fourth-order valence-corrected chi connectivity index (χ4v) is 3.18. The highest BCUT2D eigenvalue weighted by Gasteiger charge is 2.34. The Morgan fingerprint density at radius 1 is 0.966 bits per heavy atom. The molecule has 2 aromatic rings. The van der Waals surface area contributed by atoms with Crippen LogP contribution >= 0.6 is 0 Å². The van der Waals surface area contributed by atoms with Gasteiger partial charge >= 0.3 is 0 Å². The second-order valence-electron chi connectivity index (χ2n) is 8.18. The minimum atomic E-state index is 0.0187. The Labute approximate surface area is 173 Å². The Bertz CT molecular complexity index is 824. The fraction of sp³-hybridized carbons (Fsp3) is 0.417. The van der Waals surface area contributed by atoms with Gasteiger partial charge in [-0.15, -0.1) is 0 Å². The lowest BCUT2D eigenvalue weighted by molar-refractivity contribution is -0.121. The van der Waals surface area contributed by atoms with Crippen LogP contribution < -0.4 is 10.2 Å². The van der Waals surface area contributed by atoms with Gasteiger partial charge in [-0.1, -0.05) is 42.0 Å². The van der Waals surface area contributed by atoms with Gasteiger partial charge in [0.1, 0.15) is 0 Å². The predicted molar refractivity (Wildman–Crippen MR) is 117 cm³/mol. The number of amides is 2. The van der Waals surface area contributed by atoms with Crippen LogP contribution in [0.25, 0.3) is 0 Å². The minimum Gasteiger partial charge on any atom is -0.355 e. The highest BCUT2D eigenvalue weighted by Crippen LogP contribution is 2.33. The third kappa shape index (κ3) is 6.43. The molecule has 2 amide bonds. The second-order valence-corrected chi connectivity index (χ2v) is 8.18. The van der Waals surface area contributed by atoms with E-state index in [1.807, 2.05) is 48.2 Å². The van der Waals surface area contributed by atoms with Gasteiger partial charge < -0.3 is 15.1 Å². The van der Waals surface area contributed by atoms with E-state index >= 15 is 0 Å². The molecule has 0 unspecified atom stereocenters. The lowest BCUT2D eigenvalue weighted by Crippen LogP contribution is -2.32. The van der Waals surface area contributed by atoms with Crippen LogP contribution in [0.15, 0.2) is 48.5 Å². The van der Waals surface area contributed by atoms with E-state index in [1.54, 1.807) is 0 Å². The van der Waals surface area contributed by atoms with Crippen LogP contribution in [0.5, 0.6) is 0 Å². The van der Waals surface area contributed by atoms with Crippen LogP contribution in [-0.4, -0.2) is 43.9 Å². The standard InChI is InChI=1S/C24H31N3O2/c1-18-4-6-20(7-5-18)17-27(24(29)21-10-11-21)22-12-8-19(9-13-22)16-23(28)25-14-15-26(2)3/h4-9,12-13,21H,10-11,14-17H2,1-3H3,(H,25,28). The fourth-order valence-electron chi connectivity index (χ4n) is 3.18. The van der Waals surface area contributed by atoms with Gasteiger partial charge in [-0.05, 0) is 57.1 Å². The van der Waals surface area contributed by atoms with E-state index in [-0.39, 0.29) is 17.7 Å². The smallest absolute Gasteiger partial charge is 0.230 e. The first-order valence-electron chi connectivity index (χ1n) is 10.3. The number of hydrogen-bond donors (Lipinski definition) is 1. The third-order valence-electron chi connectivity index (χ3n) is 5.15. The highest BCUT2D eigenvalue weighted by molar-refractivity contribution is 5.96. The molecule has 2 aromatic carbocycles. The molecule has 1 fully saturated rings. The molecule has 1 aliphatic rings. The summed E-state index contributed by atoms with van der Waals surface area (Å²) in [6.45, 7) is 4.10. The first kappa shape index (κ1) is 21.1. The molecule has 0 saturated heterocycles. The Hall–Kier alpha value is -2.66. The van der Waals surface area contributed by atoms with Crippen LogP contribution in [-0.2, 0) is 22.6 Å². The molecule has 0 aliphatic heterocycles. The van der Waals surface area contributed by atoms with Crippen molar-refractivity contribution >= 4 is 17.5 Å². The molecule has 0 atom stereocenters. The van der Waals surface area contributed by atoms with Crippen molar-refractivity contribution in [1.82, 2.24) is 10.2 Å². The molecular weight excluding hydrogens is 362 g/mol. The normalized spacial score (nSPS) is 13.4. The molecule has 1 saturated carbocycles. The van der Waals surface area contributed by atoms with Gasteiger partial charge in [0.25, 0.3) is 0 Å². The number of benzene rings is 2. The van der Waals surface area contributed by atoms with Gasteiger partial charge in [-0.25, -0.2) is 0 Å². The van der Waals surface area contributed by atoms with Crippen molar-refractivity contribution in [2.45, 2.75) is 32.7 Å². The third-order valence-corrected chi connectivity index (χ3v) is 5.15. The summed E-state index contributed by atoms with van der Waals surface area (Å²) in [7, 11) is 3.96. The van der Waals surface area contributed by atoms with E-state index in [9.17, 15) is 9.59 Å². The highest BCUT2D eigenvalue weighted by atomic mass is 16.2. The summed E-state index contributed by atoms with van der Waals surface area (Å²) in [5.74, 6) is 0.368. The van der Waals surface area contributed by atoms with E-state index in [0.29, 0.717) is 19.5 Å². The summed E-state index contributed by atoms with van der Waals surface area (Å²) in [5.41, 5.74) is 4.17. The molecule has 0 spiro atoms. The zero-order valence-corrected chi connectivity index (χ0v) is 17.6. The van der Waals surface area contributed by atoms with Gasteiger partial charge in [0.05, 0.1) is 13.0 Å². The number of nitrogens with zero attached hydrogens (tertiary/aromatic N) is 2. The van der Waals surface area contributed by atoms with Crippen molar-refractivity contribution < 1.29 is 9.59 Å². The summed E-state index contributed by atoms with van der Waals surface area (Å²) >= 11 is 0. The zero-order valence-electron chi connectivity index (χ0n) is 17.6. The molecule has 1 aliphatic carbocycles. The van der Waals surface area contributed by atoms with E-state index < -0.39 is 0 Å². The number of anilines is 1. The molecule has 3 rings (SSSR count). The maximum atomic E-state index is 12.9. The summed E-state index contributed by atoms with van der Waals surface area (Å²) in [4.78, 5) is 28.9. The Kier molecular flexibility index (Phi) is 7.04. The van der Waals surface area contributed by atoms with Gasteiger partial charge in [0.15, 0.2) is 0 Å². The lowest BCUT2D eigenvalue weighted by atomic mass is 10.1.